The Hall–Kier alpha value is -0.250. The van der Waals surface area contributed by atoms with Gasteiger partial charge in [-0.3, -0.25) is 0 Å². The van der Waals surface area contributed by atoms with Gasteiger partial charge in [0.1, 0.15) is 0 Å². The number of hydrogen-bond donors (Lipinski definition) is 1. The Morgan fingerprint density at radius 2 is 2.20 bits per heavy atom. The van der Waals surface area contributed by atoms with Crippen LogP contribution in [-0.4, -0.2) is 17.4 Å². The lowest BCUT2D eigenvalue weighted by molar-refractivity contribution is -0.211. The van der Waals surface area contributed by atoms with Crippen molar-refractivity contribution >= 4 is 0 Å². The van der Waals surface area contributed by atoms with Gasteiger partial charge >= 0.3 is 6.18 Å². The Morgan fingerprint density at radius 3 is 2.30 bits per heavy atom. The minimum absolute atomic E-state index is 0.505. The number of aliphatic hydroxyl groups is 1. The van der Waals surface area contributed by atoms with Crippen LogP contribution >= 0.6 is 0 Å². The van der Waals surface area contributed by atoms with Crippen molar-refractivity contribution in [3.8, 4) is 0 Å². The van der Waals surface area contributed by atoms with Crippen molar-refractivity contribution in [2.24, 2.45) is 5.41 Å². The molecule has 1 atom stereocenters. The summed E-state index contributed by atoms with van der Waals surface area (Å²) in [6.45, 7) is -3.35. The lowest BCUT2D eigenvalue weighted by Gasteiger charge is -2.21. The van der Waals surface area contributed by atoms with Crippen molar-refractivity contribution in [3.05, 3.63) is 0 Å². The van der Waals surface area contributed by atoms with Gasteiger partial charge in [-0.05, 0) is 19.7 Å². The minimum Gasteiger partial charge on any atom is -0.392 e. The first-order chi connectivity index (χ1) is 5.96. The Kier molecular flexibility index (Phi) is 0.740. The standard InChI is InChI=1S/C6H9F3O/c1-4(10)5(2-3-5)6(7,8)9/h4,10H,2-3H2,1H3/i1D3,4D. The molecule has 1 fully saturated rings. The van der Waals surface area contributed by atoms with Crippen LogP contribution in [0.15, 0.2) is 0 Å². The van der Waals surface area contributed by atoms with Crippen molar-refractivity contribution in [3.63, 3.8) is 0 Å². The summed E-state index contributed by atoms with van der Waals surface area (Å²) in [5.41, 5.74) is -2.77. The number of hydrogen-bond acceptors (Lipinski definition) is 1. The molecule has 0 aromatic rings. The highest BCUT2D eigenvalue weighted by atomic mass is 19.4. The van der Waals surface area contributed by atoms with E-state index in [0.717, 1.165) is 0 Å². The van der Waals surface area contributed by atoms with E-state index < -0.39 is 37.4 Å². The minimum atomic E-state index is -4.85. The Morgan fingerprint density at radius 1 is 1.70 bits per heavy atom. The van der Waals surface area contributed by atoms with E-state index in [1.807, 2.05) is 0 Å². The summed E-state index contributed by atoms with van der Waals surface area (Å²) in [6, 6.07) is 0. The third kappa shape index (κ3) is 0.905. The van der Waals surface area contributed by atoms with Crippen molar-refractivity contribution in [1.29, 1.82) is 0 Å². The second kappa shape index (κ2) is 1.87. The quantitative estimate of drug-likeness (QED) is 0.616. The van der Waals surface area contributed by atoms with E-state index in [0.29, 0.717) is 0 Å². The zero-order valence-electron chi connectivity index (χ0n) is 9.00. The lowest BCUT2D eigenvalue weighted by Crippen LogP contribution is -2.34. The third-order valence-electron chi connectivity index (χ3n) is 1.75. The van der Waals surface area contributed by atoms with Crippen molar-refractivity contribution < 1.29 is 23.8 Å². The monoisotopic (exact) mass is 158 g/mol. The molecule has 0 aliphatic heterocycles. The molecular weight excluding hydrogens is 145 g/mol. The fourth-order valence-electron chi connectivity index (χ4n) is 0.780. The molecule has 10 heavy (non-hydrogen) atoms. The third-order valence-corrected chi connectivity index (χ3v) is 1.75. The summed E-state index contributed by atoms with van der Waals surface area (Å²) in [6.07, 6.45) is -9.31. The molecule has 1 nitrogen and oxygen atoms in total. The molecule has 0 bridgehead atoms. The molecular formula is C6H9F3O. The van der Waals surface area contributed by atoms with Crippen LogP contribution in [0, 0.1) is 5.41 Å². The van der Waals surface area contributed by atoms with Gasteiger partial charge < -0.3 is 5.11 Å². The molecule has 4 heteroatoms. The van der Waals surface area contributed by atoms with Gasteiger partial charge in [0.05, 0.1) is 12.9 Å². The summed E-state index contributed by atoms with van der Waals surface area (Å²) in [5.74, 6) is 0. The second-order valence-electron chi connectivity index (χ2n) is 2.43. The normalized spacial score (nSPS) is 36.4. The summed E-state index contributed by atoms with van der Waals surface area (Å²) in [4.78, 5) is 0. The van der Waals surface area contributed by atoms with Gasteiger partial charge in [0.25, 0.3) is 0 Å². The fourth-order valence-corrected chi connectivity index (χ4v) is 0.780. The van der Waals surface area contributed by atoms with Crippen LogP contribution in [0.5, 0.6) is 0 Å². The molecule has 1 N–H and O–H groups in total. The summed E-state index contributed by atoms with van der Waals surface area (Å²) < 4.78 is 64.3. The zero-order chi connectivity index (χ0) is 11.4. The molecule has 1 rings (SSSR count). The molecule has 0 heterocycles. The van der Waals surface area contributed by atoms with Crippen LogP contribution < -0.4 is 0 Å². The number of alkyl halides is 3. The van der Waals surface area contributed by atoms with E-state index in [-0.39, 0.29) is 0 Å². The summed E-state index contributed by atoms with van der Waals surface area (Å²) >= 11 is 0. The molecule has 1 saturated carbocycles. The predicted octanol–water partition coefficient (Wildman–Crippen LogP) is 1.71. The molecule has 0 radical (unpaired) electrons. The van der Waals surface area contributed by atoms with E-state index in [2.05, 4.69) is 0 Å². The molecule has 0 amide bonds. The Balaban J connectivity index is 3.05. The smallest absolute Gasteiger partial charge is 0.392 e. The molecule has 60 valence electrons. The maximum atomic E-state index is 12.4. The van der Waals surface area contributed by atoms with Gasteiger partial charge in [-0.15, -0.1) is 0 Å². The van der Waals surface area contributed by atoms with Gasteiger partial charge in [0.15, 0.2) is 0 Å². The summed E-state index contributed by atoms with van der Waals surface area (Å²) in [7, 11) is 0. The Labute approximate surface area is 62.5 Å². The summed E-state index contributed by atoms with van der Waals surface area (Å²) in [5, 5.41) is 9.16. The van der Waals surface area contributed by atoms with Gasteiger partial charge in [0, 0.05) is 4.11 Å². The van der Waals surface area contributed by atoms with Crippen LogP contribution in [-0.2, 0) is 0 Å². The SMILES string of the molecule is [2H]C([2H])([2H])C([2H])(O)C1(C(F)(F)F)CC1. The number of halogens is 3. The molecule has 0 spiro atoms. The van der Waals surface area contributed by atoms with Gasteiger partial charge in [0.2, 0.25) is 0 Å². The van der Waals surface area contributed by atoms with Gasteiger partial charge in [-0.2, -0.15) is 13.2 Å². The van der Waals surface area contributed by atoms with Crippen LogP contribution in [0.1, 0.15) is 25.2 Å². The highest BCUT2D eigenvalue weighted by Gasteiger charge is 2.65. The fraction of sp³-hybridized carbons (Fsp3) is 1.00. The topological polar surface area (TPSA) is 20.2 Å². The number of rotatable bonds is 1. The van der Waals surface area contributed by atoms with Crippen LogP contribution in [0.4, 0.5) is 13.2 Å². The van der Waals surface area contributed by atoms with E-state index >= 15 is 0 Å². The van der Waals surface area contributed by atoms with E-state index in [9.17, 15) is 13.2 Å². The molecule has 0 saturated heterocycles. The molecule has 0 aromatic heterocycles. The van der Waals surface area contributed by atoms with E-state index in [1.165, 1.54) is 0 Å². The van der Waals surface area contributed by atoms with Gasteiger partial charge in [-0.25, -0.2) is 0 Å². The molecule has 0 aromatic carbocycles. The van der Waals surface area contributed by atoms with Crippen LogP contribution in [0.3, 0.4) is 0 Å². The largest absolute Gasteiger partial charge is 0.396 e. The highest BCUT2D eigenvalue weighted by molar-refractivity contribution is 5.02. The average molecular weight is 158 g/mol. The molecule has 1 unspecified atom stereocenters. The van der Waals surface area contributed by atoms with Crippen LogP contribution in [0.25, 0.3) is 0 Å². The average Bonchev–Trinajstić information content (AvgIpc) is 2.58. The Bertz CT molecular complexity index is 226. The lowest BCUT2D eigenvalue weighted by atomic mass is 10.0. The first-order valence-electron chi connectivity index (χ1n) is 4.75. The van der Waals surface area contributed by atoms with Crippen molar-refractivity contribution in [1.82, 2.24) is 0 Å². The van der Waals surface area contributed by atoms with E-state index in [4.69, 9.17) is 10.6 Å². The maximum Gasteiger partial charge on any atom is 0.396 e. The van der Waals surface area contributed by atoms with Crippen molar-refractivity contribution in [2.75, 3.05) is 0 Å². The zero-order valence-corrected chi connectivity index (χ0v) is 5.00. The van der Waals surface area contributed by atoms with Gasteiger partial charge in [-0.1, -0.05) is 0 Å². The molecule has 1 aliphatic rings. The maximum absolute atomic E-state index is 12.4. The first-order valence-corrected chi connectivity index (χ1v) is 2.75. The molecule has 1 aliphatic carbocycles. The first kappa shape index (κ1) is 3.95. The second-order valence-corrected chi connectivity index (χ2v) is 2.43. The van der Waals surface area contributed by atoms with E-state index in [1.54, 1.807) is 0 Å². The predicted molar refractivity (Wildman–Crippen MR) is 29.4 cm³/mol. The van der Waals surface area contributed by atoms with Crippen molar-refractivity contribution in [2.45, 2.75) is 31.9 Å². The van der Waals surface area contributed by atoms with Crippen LogP contribution in [0.2, 0.25) is 0 Å². The highest BCUT2D eigenvalue weighted by Crippen LogP contribution is 2.59.